The quantitative estimate of drug-likeness (QED) is 0.839. The molecule has 150 valence electrons. The van der Waals surface area contributed by atoms with E-state index in [-0.39, 0.29) is 11.7 Å². The summed E-state index contributed by atoms with van der Waals surface area (Å²) >= 11 is 5.59. The molecule has 10 heteroatoms. The van der Waals surface area contributed by atoms with Crippen LogP contribution in [0.1, 0.15) is 12.5 Å². The molecule has 0 aliphatic carbocycles. The van der Waals surface area contributed by atoms with Gasteiger partial charge in [0.15, 0.2) is 0 Å². The largest absolute Gasteiger partial charge is 0.417 e. The van der Waals surface area contributed by atoms with Crippen molar-refractivity contribution in [2.75, 3.05) is 45.6 Å². The molecule has 0 aromatic heterocycles. The van der Waals surface area contributed by atoms with Gasteiger partial charge in [0.2, 0.25) is 5.91 Å². The molecule has 2 rings (SSSR count). The third-order valence-electron chi connectivity index (χ3n) is 4.43. The number of hydrogen-bond acceptors (Lipinski definition) is 3. The molecule has 6 nitrogen and oxygen atoms in total. The Kier molecular flexibility index (Phi) is 6.59. The summed E-state index contributed by atoms with van der Waals surface area (Å²) in [6.07, 6.45) is -4.60. The summed E-state index contributed by atoms with van der Waals surface area (Å²) in [5.41, 5.74) is -0.963. The van der Waals surface area contributed by atoms with Gasteiger partial charge in [0.1, 0.15) is 0 Å². The maximum absolute atomic E-state index is 12.9. The van der Waals surface area contributed by atoms with E-state index in [4.69, 9.17) is 11.6 Å². The van der Waals surface area contributed by atoms with Gasteiger partial charge < -0.3 is 15.1 Å². The Morgan fingerprint density at radius 3 is 2.30 bits per heavy atom. The molecule has 1 saturated heterocycles. The molecular weight excluding hydrogens is 385 g/mol. The highest BCUT2D eigenvalue weighted by atomic mass is 35.5. The van der Waals surface area contributed by atoms with E-state index in [1.165, 1.54) is 11.0 Å². The summed E-state index contributed by atoms with van der Waals surface area (Å²) in [7, 11) is 3.35. The summed E-state index contributed by atoms with van der Waals surface area (Å²) < 4.78 is 38.8. The van der Waals surface area contributed by atoms with E-state index in [9.17, 15) is 22.8 Å². The van der Waals surface area contributed by atoms with Crippen molar-refractivity contribution in [3.05, 3.63) is 28.8 Å². The minimum absolute atomic E-state index is 0.0324. The zero-order valence-electron chi connectivity index (χ0n) is 15.3. The molecule has 1 unspecified atom stereocenters. The molecule has 0 saturated carbocycles. The molecule has 1 aromatic rings. The third kappa shape index (κ3) is 5.26. The first-order valence-electron chi connectivity index (χ1n) is 8.38. The average molecular weight is 407 g/mol. The van der Waals surface area contributed by atoms with Gasteiger partial charge in [0.25, 0.3) is 0 Å². The maximum atomic E-state index is 12.9. The number of piperazine rings is 1. The van der Waals surface area contributed by atoms with Crippen LogP contribution in [0.5, 0.6) is 0 Å². The van der Waals surface area contributed by atoms with E-state index in [1.807, 2.05) is 4.90 Å². The lowest BCUT2D eigenvalue weighted by Crippen LogP contribution is -2.55. The Bertz CT molecular complexity index is 704. The van der Waals surface area contributed by atoms with Crippen LogP contribution >= 0.6 is 11.6 Å². The zero-order valence-corrected chi connectivity index (χ0v) is 16.1. The van der Waals surface area contributed by atoms with Crippen LogP contribution in [0.15, 0.2) is 18.2 Å². The van der Waals surface area contributed by atoms with Gasteiger partial charge in [-0.25, -0.2) is 4.79 Å². The van der Waals surface area contributed by atoms with Crippen molar-refractivity contribution in [1.82, 2.24) is 14.7 Å². The molecule has 0 bridgehead atoms. The molecule has 3 amide bonds. The van der Waals surface area contributed by atoms with E-state index < -0.39 is 28.7 Å². The van der Waals surface area contributed by atoms with Crippen molar-refractivity contribution in [2.45, 2.75) is 19.1 Å². The average Bonchev–Trinajstić information content (AvgIpc) is 2.61. The van der Waals surface area contributed by atoms with Crippen molar-refractivity contribution in [2.24, 2.45) is 0 Å². The second-order valence-electron chi connectivity index (χ2n) is 6.56. The number of halogens is 4. The van der Waals surface area contributed by atoms with Gasteiger partial charge in [-0.05, 0) is 25.1 Å². The minimum Gasteiger partial charge on any atom is -0.331 e. The number of carbonyl (C=O) groups is 2. The Balaban J connectivity index is 1.98. The van der Waals surface area contributed by atoms with Crippen LogP contribution in [0.25, 0.3) is 0 Å². The first kappa shape index (κ1) is 21.3. The predicted molar refractivity (Wildman–Crippen MR) is 96.8 cm³/mol. The summed E-state index contributed by atoms with van der Waals surface area (Å²) in [6, 6.07) is 2.62. The lowest BCUT2D eigenvalue weighted by Gasteiger charge is -2.38. The van der Waals surface area contributed by atoms with Crippen LogP contribution in [0.4, 0.5) is 23.7 Å². The van der Waals surface area contributed by atoms with Gasteiger partial charge in [-0.2, -0.15) is 13.2 Å². The Morgan fingerprint density at radius 1 is 1.19 bits per heavy atom. The van der Waals surface area contributed by atoms with Gasteiger partial charge in [-0.1, -0.05) is 11.6 Å². The second-order valence-corrected chi connectivity index (χ2v) is 6.96. The van der Waals surface area contributed by atoms with E-state index in [2.05, 4.69) is 5.32 Å². The fraction of sp³-hybridized carbons (Fsp3) is 0.529. The number of benzene rings is 1. The first-order chi connectivity index (χ1) is 12.5. The molecule has 27 heavy (non-hydrogen) atoms. The number of carbonyl (C=O) groups excluding carboxylic acids is 2. The number of amides is 3. The Hall–Kier alpha value is -2.00. The predicted octanol–water partition coefficient (Wildman–Crippen LogP) is 2.99. The van der Waals surface area contributed by atoms with Crippen LogP contribution in [0, 0.1) is 0 Å². The highest BCUT2D eigenvalue weighted by Gasteiger charge is 2.34. The summed E-state index contributed by atoms with van der Waals surface area (Å²) in [6.45, 7) is 3.64. The van der Waals surface area contributed by atoms with Crippen molar-refractivity contribution in [1.29, 1.82) is 0 Å². The third-order valence-corrected chi connectivity index (χ3v) is 4.76. The Morgan fingerprint density at radius 2 is 1.78 bits per heavy atom. The van der Waals surface area contributed by atoms with Crippen molar-refractivity contribution in [3.8, 4) is 0 Å². The number of rotatable bonds is 3. The molecule has 1 heterocycles. The number of alkyl halides is 3. The maximum Gasteiger partial charge on any atom is 0.417 e. The first-order valence-corrected chi connectivity index (χ1v) is 8.76. The zero-order chi connectivity index (χ0) is 20.4. The van der Waals surface area contributed by atoms with Gasteiger partial charge in [-0.3, -0.25) is 9.69 Å². The molecule has 1 aliphatic heterocycles. The molecule has 0 radical (unpaired) electrons. The molecule has 1 aromatic carbocycles. The Labute approximate surface area is 160 Å². The smallest absolute Gasteiger partial charge is 0.331 e. The molecule has 1 fully saturated rings. The van der Waals surface area contributed by atoms with Crippen molar-refractivity contribution < 1.29 is 22.8 Å². The molecule has 1 atom stereocenters. The fourth-order valence-electron chi connectivity index (χ4n) is 2.82. The summed E-state index contributed by atoms with van der Waals surface area (Å²) in [5, 5.41) is 2.08. The fourth-order valence-corrected chi connectivity index (χ4v) is 3.04. The topological polar surface area (TPSA) is 55.9 Å². The molecule has 1 aliphatic rings. The van der Waals surface area contributed by atoms with Gasteiger partial charge in [-0.15, -0.1) is 0 Å². The monoisotopic (exact) mass is 406 g/mol. The number of nitrogens with zero attached hydrogens (tertiary/aromatic N) is 3. The summed E-state index contributed by atoms with van der Waals surface area (Å²) in [4.78, 5) is 29.4. The van der Waals surface area contributed by atoms with Crippen molar-refractivity contribution >= 4 is 29.2 Å². The van der Waals surface area contributed by atoms with E-state index >= 15 is 0 Å². The van der Waals surface area contributed by atoms with Crippen LogP contribution in [-0.2, 0) is 11.0 Å². The van der Waals surface area contributed by atoms with Crippen LogP contribution in [-0.4, -0.2) is 73.0 Å². The normalized spacial score (nSPS) is 16.8. The molecule has 0 spiro atoms. The van der Waals surface area contributed by atoms with E-state index in [0.29, 0.717) is 26.2 Å². The number of anilines is 1. The lowest BCUT2D eigenvalue weighted by molar-refractivity contribution is -0.137. The highest BCUT2D eigenvalue weighted by Crippen LogP contribution is 2.36. The number of urea groups is 1. The number of hydrogen-bond donors (Lipinski definition) is 1. The lowest BCUT2D eigenvalue weighted by atomic mass is 10.1. The molecular formula is C17H22ClF3N4O2. The van der Waals surface area contributed by atoms with Gasteiger partial charge in [0.05, 0.1) is 16.6 Å². The minimum atomic E-state index is -4.60. The van der Waals surface area contributed by atoms with Gasteiger partial charge in [0, 0.05) is 46.0 Å². The summed E-state index contributed by atoms with van der Waals surface area (Å²) in [5.74, 6) is -0.419. The van der Waals surface area contributed by atoms with E-state index in [1.54, 1.807) is 25.9 Å². The van der Waals surface area contributed by atoms with Gasteiger partial charge >= 0.3 is 12.2 Å². The highest BCUT2D eigenvalue weighted by molar-refractivity contribution is 6.31. The van der Waals surface area contributed by atoms with Crippen LogP contribution in [0.3, 0.4) is 0 Å². The SMILES string of the molecule is CC(C(=O)Nc1ccc(Cl)c(C(F)(F)F)c1)N1CCN(C(=O)N(C)C)CC1. The van der Waals surface area contributed by atoms with Crippen LogP contribution in [0.2, 0.25) is 5.02 Å². The number of nitrogens with one attached hydrogen (secondary N) is 1. The standard InChI is InChI=1S/C17H22ClF3N4O2/c1-11(24-6-8-25(9-7-24)16(27)23(2)3)15(26)22-12-4-5-14(18)13(10-12)17(19,20)21/h4-5,10-11H,6-9H2,1-3H3,(H,22,26). The molecule has 1 N–H and O–H groups in total. The van der Waals surface area contributed by atoms with Crippen LogP contribution < -0.4 is 5.32 Å². The second kappa shape index (κ2) is 8.35. The van der Waals surface area contributed by atoms with E-state index in [0.717, 1.165) is 12.1 Å². The van der Waals surface area contributed by atoms with Crippen molar-refractivity contribution in [3.63, 3.8) is 0 Å².